The summed E-state index contributed by atoms with van der Waals surface area (Å²) in [5, 5.41) is 10.1. The number of carbonyl (C=O) groups is 2. The van der Waals surface area contributed by atoms with Crippen molar-refractivity contribution in [3.8, 4) is 11.5 Å². The van der Waals surface area contributed by atoms with Crippen LogP contribution in [0.25, 0.3) is 11.5 Å². The number of furan rings is 1. The Kier molecular flexibility index (Phi) is 5.64. The second kappa shape index (κ2) is 8.50. The van der Waals surface area contributed by atoms with Crippen molar-refractivity contribution in [3.05, 3.63) is 40.9 Å². The van der Waals surface area contributed by atoms with Gasteiger partial charge in [0, 0.05) is 31.7 Å². The molecule has 3 amide bonds. The summed E-state index contributed by atoms with van der Waals surface area (Å²) < 4.78 is 6.62. The first kappa shape index (κ1) is 19.2. The highest BCUT2D eigenvalue weighted by atomic mass is 16.3. The van der Waals surface area contributed by atoms with Crippen LogP contribution in [0.2, 0.25) is 0 Å². The lowest BCUT2D eigenvalue weighted by Crippen LogP contribution is -2.49. The summed E-state index contributed by atoms with van der Waals surface area (Å²) in [5.41, 5.74) is 0.320. The van der Waals surface area contributed by atoms with Crippen molar-refractivity contribution in [2.24, 2.45) is 5.92 Å². The van der Waals surface area contributed by atoms with Crippen LogP contribution in [-0.4, -0.2) is 52.3 Å². The SMILES string of the molecule is O=C(NCCn1nc(-c2ccco2)ccc1=O)C1CCCN(C(=O)NC2CC2)C1. The molecule has 1 aliphatic heterocycles. The normalized spacial score (nSPS) is 19.0. The smallest absolute Gasteiger partial charge is 0.317 e. The fraction of sp³-hybridized carbons (Fsp3) is 0.500. The van der Waals surface area contributed by atoms with E-state index >= 15 is 0 Å². The Hall–Kier alpha value is -3.10. The molecule has 1 saturated heterocycles. The minimum Gasteiger partial charge on any atom is -0.463 e. The number of piperidine rings is 1. The molecule has 0 bridgehead atoms. The van der Waals surface area contributed by atoms with Crippen LogP contribution in [0.4, 0.5) is 4.79 Å². The van der Waals surface area contributed by atoms with E-state index in [1.807, 2.05) is 0 Å². The van der Waals surface area contributed by atoms with Gasteiger partial charge in [0.2, 0.25) is 5.91 Å². The number of amides is 3. The van der Waals surface area contributed by atoms with E-state index < -0.39 is 0 Å². The fourth-order valence-corrected chi connectivity index (χ4v) is 3.46. The maximum atomic E-state index is 12.5. The van der Waals surface area contributed by atoms with Gasteiger partial charge in [-0.2, -0.15) is 5.10 Å². The Morgan fingerprint density at radius 3 is 2.83 bits per heavy atom. The predicted molar refractivity (Wildman–Crippen MR) is 105 cm³/mol. The molecule has 3 heterocycles. The van der Waals surface area contributed by atoms with Crippen molar-refractivity contribution in [1.29, 1.82) is 0 Å². The fourth-order valence-electron chi connectivity index (χ4n) is 3.46. The molecule has 2 aromatic heterocycles. The van der Waals surface area contributed by atoms with Crippen LogP contribution in [0, 0.1) is 5.92 Å². The van der Waals surface area contributed by atoms with E-state index in [0.29, 0.717) is 30.6 Å². The van der Waals surface area contributed by atoms with Gasteiger partial charge in [-0.05, 0) is 43.9 Å². The minimum absolute atomic E-state index is 0.0736. The van der Waals surface area contributed by atoms with Crippen molar-refractivity contribution in [3.63, 3.8) is 0 Å². The summed E-state index contributed by atoms with van der Waals surface area (Å²) >= 11 is 0. The van der Waals surface area contributed by atoms with Gasteiger partial charge in [0.25, 0.3) is 5.56 Å². The van der Waals surface area contributed by atoms with E-state index in [4.69, 9.17) is 4.42 Å². The lowest BCUT2D eigenvalue weighted by molar-refractivity contribution is -0.126. The van der Waals surface area contributed by atoms with Crippen LogP contribution in [0.15, 0.2) is 39.7 Å². The average molecular weight is 399 g/mol. The Bertz CT molecular complexity index is 919. The lowest BCUT2D eigenvalue weighted by Gasteiger charge is -2.32. The average Bonchev–Trinajstić information content (AvgIpc) is 3.37. The Morgan fingerprint density at radius 1 is 1.21 bits per heavy atom. The van der Waals surface area contributed by atoms with Crippen LogP contribution in [0.1, 0.15) is 25.7 Å². The highest BCUT2D eigenvalue weighted by Gasteiger charge is 2.31. The van der Waals surface area contributed by atoms with E-state index in [1.54, 1.807) is 29.4 Å². The van der Waals surface area contributed by atoms with Gasteiger partial charge in [-0.1, -0.05) is 0 Å². The van der Waals surface area contributed by atoms with Crippen LogP contribution in [-0.2, 0) is 11.3 Å². The third kappa shape index (κ3) is 4.85. The number of nitrogens with one attached hydrogen (secondary N) is 2. The van der Waals surface area contributed by atoms with Crippen molar-refractivity contribution in [2.75, 3.05) is 19.6 Å². The number of hydrogen-bond acceptors (Lipinski definition) is 5. The molecule has 1 saturated carbocycles. The summed E-state index contributed by atoms with van der Waals surface area (Å²) in [6, 6.07) is 6.80. The van der Waals surface area contributed by atoms with Crippen molar-refractivity contribution >= 4 is 11.9 Å². The van der Waals surface area contributed by atoms with Crippen molar-refractivity contribution in [1.82, 2.24) is 25.3 Å². The molecule has 1 aliphatic carbocycles. The maximum absolute atomic E-state index is 12.5. The zero-order chi connectivity index (χ0) is 20.2. The molecule has 0 spiro atoms. The largest absolute Gasteiger partial charge is 0.463 e. The van der Waals surface area contributed by atoms with E-state index in [-0.39, 0.29) is 36.5 Å². The highest BCUT2D eigenvalue weighted by molar-refractivity contribution is 5.81. The maximum Gasteiger partial charge on any atom is 0.317 e. The van der Waals surface area contributed by atoms with Gasteiger partial charge in [0.1, 0.15) is 5.69 Å². The third-order valence-electron chi connectivity index (χ3n) is 5.25. The van der Waals surface area contributed by atoms with E-state index in [9.17, 15) is 14.4 Å². The van der Waals surface area contributed by atoms with E-state index in [2.05, 4.69) is 15.7 Å². The first-order valence-corrected chi connectivity index (χ1v) is 10.1. The number of likely N-dealkylation sites (tertiary alicyclic amines) is 1. The van der Waals surface area contributed by atoms with E-state index in [0.717, 1.165) is 25.7 Å². The molecular weight excluding hydrogens is 374 g/mol. The molecule has 9 heteroatoms. The quantitative estimate of drug-likeness (QED) is 0.759. The highest BCUT2D eigenvalue weighted by Crippen LogP contribution is 2.21. The minimum atomic E-state index is -0.241. The number of hydrogen-bond donors (Lipinski definition) is 2. The topological polar surface area (TPSA) is 109 Å². The number of rotatable bonds is 6. The molecule has 1 unspecified atom stereocenters. The monoisotopic (exact) mass is 399 g/mol. The Balaban J connectivity index is 1.29. The molecule has 2 aromatic rings. The van der Waals surface area contributed by atoms with Gasteiger partial charge >= 0.3 is 6.03 Å². The van der Waals surface area contributed by atoms with Crippen LogP contribution >= 0.6 is 0 Å². The van der Waals surface area contributed by atoms with Gasteiger partial charge in [-0.25, -0.2) is 9.48 Å². The lowest BCUT2D eigenvalue weighted by atomic mass is 9.97. The van der Waals surface area contributed by atoms with Gasteiger partial charge in [-0.15, -0.1) is 0 Å². The van der Waals surface area contributed by atoms with Crippen molar-refractivity contribution < 1.29 is 14.0 Å². The van der Waals surface area contributed by atoms with Gasteiger partial charge in [0.15, 0.2) is 5.76 Å². The molecule has 154 valence electrons. The van der Waals surface area contributed by atoms with Crippen LogP contribution < -0.4 is 16.2 Å². The van der Waals surface area contributed by atoms with E-state index in [1.165, 1.54) is 10.7 Å². The zero-order valence-corrected chi connectivity index (χ0v) is 16.2. The first-order valence-electron chi connectivity index (χ1n) is 10.1. The molecule has 9 nitrogen and oxygen atoms in total. The summed E-state index contributed by atoms with van der Waals surface area (Å²) in [6.07, 6.45) is 5.19. The van der Waals surface area contributed by atoms with Crippen LogP contribution in [0.3, 0.4) is 0 Å². The Labute approximate surface area is 168 Å². The number of nitrogens with zero attached hydrogens (tertiary/aromatic N) is 3. The van der Waals surface area contributed by atoms with Gasteiger partial charge < -0.3 is 20.0 Å². The number of carbonyl (C=O) groups excluding carboxylic acids is 2. The summed E-state index contributed by atoms with van der Waals surface area (Å²) in [7, 11) is 0. The second-order valence-electron chi connectivity index (χ2n) is 7.56. The number of aromatic nitrogens is 2. The first-order chi connectivity index (χ1) is 14.1. The second-order valence-corrected chi connectivity index (χ2v) is 7.56. The molecule has 29 heavy (non-hydrogen) atoms. The van der Waals surface area contributed by atoms with Crippen LogP contribution in [0.5, 0.6) is 0 Å². The molecular formula is C20H25N5O4. The molecule has 4 rings (SSSR count). The standard InChI is InChI=1S/C20H25N5O4/c26-18-8-7-16(17-4-2-12-29-17)23-25(18)11-9-21-19(27)14-3-1-10-24(13-14)20(28)22-15-5-6-15/h2,4,7-8,12,14-15H,1,3,5-6,9-11,13H2,(H,21,27)(H,22,28). The van der Waals surface area contributed by atoms with Crippen molar-refractivity contribution in [2.45, 2.75) is 38.3 Å². The summed E-state index contributed by atoms with van der Waals surface area (Å²) in [5.74, 6) is 0.256. The molecule has 0 aromatic carbocycles. The molecule has 2 aliphatic rings. The summed E-state index contributed by atoms with van der Waals surface area (Å²) in [6.45, 7) is 1.66. The Morgan fingerprint density at radius 2 is 2.07 bits per heavy atom. The zero-order valence-electron chi connectivity index (χ0n) is 16.2. The molecule has 2 N–H and O–H groups in total. The van der Waals surface area contributed by atoms with Gasteiger partial charge in [0.05, 0.1) is 18.7 Å². The molecule has 1 atom stereocenters. The number of urea groups is 1. The molecule has 0 radical (unpaired) electrons. The third-order valence-corrected chi connectivity index (χ3v) is 5.25. The molecule has 2 fully saturated rings. The summed E-state index contributed by atoms with van der Waals surface area (Å²) in [4.78, 5) is 38.5. The predicted octanol–water partition coefficient (Wildman–Crippen LogP) is 1.20. The van der Waals surface area contributed by atoms with Gasteiger partial charge in [-0.3, -0.25) is 9.59 Å².